The van der Waals surface area contributed by atoms with Crippen LogP contribution in [0.25, 0.3) is 0 Å². The number of aryl methyl sites for hydroxylation is 1. The van der Waals surface area contributed by atoms with E-state index in [4.69, 9.17) is 6.42 Å². The molecule has 0 aromatic heterocycles. The van der Waals surface area contributed by atoms with Crippen LogP contribution in [0.3, 0.4) is 0 Å². The van der Waals surface area contributed by atoms with Gasteiger partial charge in [0.1, 0.15) is 5.82 Å². The highest BCUT2D eigenvalue weighted by Crippen LogP contribution is 2.16. The molecule has 1 unspecified atom stereocenters. The molecular weight excluding hydrogens is 201 g/mol. The van der Waals surface area contributed by atoms with Gasteiger partial charge in [0.15, 0.2) is 0 Å². The van der Waals surface area contributed by atoms with Crippen molar-refractivity contribution >= 4 is 0 Å². The Bertz CT molecular complexity index is 379. The SMILES string of the molecule is C#CCCCNC(C)c1ccc(C)c(F)c1. The van der Waals surface area contributed by atoms with E-state index in [1.54, 1.807) is 13.0 Å². The molecule has 1 N–H and O–H groups in total. The van der Waals surface area contributed by atoms with Crippen LogP contribution in [0.2, 0.25) is 0 Å². The number of hydrogen-bond acceptors (Lipinski definition) is 1. The summed E-state index contributed by atoms with van der Waals surface area (Å²) in [4.78, 5) is 0. The van der Waals surface area contributed by atoms with Crippen LogP contribution in [-0.2, 0) is 0 Å². The molecule has 1 nitrogen and oxygen atoms in total. The summed E-state index contributed by atoms with van der Waals surface area (Å²) < 4.78 is 13.3. The van der Waals surface area contributed by atoms with E-state index >= 15 is 0 Å². The van der Waals surface area contributed by atoms with Gasteiger partial charge in [-0.2, -0.15) is 0 Å². The summed E-state index contributed by atoms with van der Waals surface area (Å²) in [7, 11) is 0. The van der Waals surface area contributed by atoms with E-state index in [1.807, 2.05) is 19.1 Å². The molecule has 2 heteroatoms. The predicted molar refractivity (Wildman–Crippen MR) is 65.6 cm³/mol. The lowest BCUT2D eigenvalue weighted by Crippen LogP contribution is -2.19. The Morgan fingerprint density at radius 3 is 2.88 bits per heavy atom. The Morgan fingerprint density at radius 2 is 2.25 bits per heavy atom. The summed E-state index contributed by atoms with van der Waals surface area (Å²) in [6, 6.07) is 5.52. The van der Waals surface area contributed by atoms with E-state index in [9.17, 15) is 4.39 Å². The van der Waals surface area contributed by atoms with Crippen molar-refractivity contribution in [1.29, 1.82) is 0 Å². The van der Waals surface area contributed by atoms with Crippen molar-refractivity contribution in [2.24, 2.45) is 0 Å². The van der Waals surface area contributed by atoms with Gasteiger partial charge in [-0.3, -0.25) is 0 Å². The standard InChI is InChI=1S/C14H18FN/c1-4-5-6-9-16-12(3)13-8-7-11(2)14(15)10-13/h1,7-8,10,12,16H,5-6,9H2,2-3H3. The summed E-state index contributed by atoms with van der Waals surface area (Å²) in [6.07, 6.45) is 6.90. The molecule has 0 aliphatic rings. The summed E-state index contributed by atoms with van der Waals surface area (Å²) in [6.45, 7) is 4.66. The number of hydrogen-bond donors (Lipinski definition) is 1. The molecular formula is C14H18FN. The zero-order valence-electron chi connectivity index (χ0n) is 9.89. The molecule has 0 saturated carbocycles. The minimum absolute atomic E-state index is 0.144. The van der Waals surface area contributed by atoms with Crippen molar-refractivity contribution in [3.63, 3.8) is 0 Å². The second-order valence-electron chi connectivity index (χ2n) is 3.99. The van der Waals surface area contributed by atoms with Crippen LogP contribution in [0.4, 0.5) is 4.39 Å². The van der Waals surface area contributed by atoms with E-state index in [1.165, 1.54) is 0 Å². The molecule has 1 aromatic rings. The molecule has 0 aliphatic heterocycles. The van der Waals surface area contributed by atoms with Gasteiger partial charge in [-0.15, -0.1) is 12.3 Å². The largest absolute Gasteiger partial charge is 0.310 e. The van der Waals surface area contributed by atoms with Gasteiger partial charge in [0, 0.05) is 12.5 Å². The van der Waals surface area contributed by atoms with Crippen molar-refractivity contribution in [3.05, 3.63) is 35.1 Å². The molecule has 0 aliphatic carbocycles. The van der Waals surface area contributed by atoms with Gasteiger partial charge in [-0.25, -0.2) is 4.39 Å². The van der Waals surface area contributed by atoms with Crippen molar-refractivity contribution < 1.29 is 4.39 Å². The van der Waals surface area contributed by atoms with Crippen molar-refractivity contribution in [3.8, 4) is 12.3 Å². The average Bonchev–Trinajstić information content (AvgIpc) is 2.28. The van der Waals surface area contributed by atoms with E-state index in [-0.39, 0.29) is 11.9 Å². The third-order valence-electron chi connectivity index (χ3n) is 2.64. The Morgan fingerprint density at radius 1 is 1.50 bits per heavy atom. The van der Waals surface area contributed by atoms with Crippen LogP contribution in [0.1, 0.15) is 36.9 Å². The first kappa shape index (κ1) is 12.7. The van der Waals surface area contributed by atoms with Crippen LogP contribution in [-0.4, -0.2) is 6.54 Å². The van der Waals surface area contributed by atoms with Gasteiger partial charge in [0.25, 0.3) is 0 Å². The highest BCUT2D eigenvalue weighted by Gasteiger charge is 2.06. The maximum absolute atomic E-state index is 13.3. The predicted octanol–water partition coefficient (Wildman–Crippen LogP) is 3.20. The molecule has 1 aromatic carbocycles. The Balaban J connectivity index is 2.50. The Kier molecular flexibility index (Phi) is 5.01. The number of terminal acetylenes is 1. The van der Waals surface area contributed by atoms with E-state index < -0.39 is 0 Å². The smallest absolute Gasteiger partial charge is 0.126 e. The molecule has 0 fully saturated rings. The monoisotopic (exact) mass is 219 g/mol. The lowest BCUT2D eigenvalue weighted by Gasteiger charge is -2.14. The minimum Gasteiger partial charge on any atom is -0.310 e. The van der Waals surface area contributed by atoms with Crippen LogP contribution < -0.4 is 5.32 Å². The first-order chi connectivity index (χ1) is 7.65. The fourth-order valence-electron chi connectivity index (χ4n) is 1.51. The van der Waals surface area contributed by atoms with Gasteiger partial charge in [-0.1, -0.05) is 12.1 Å². The normalized spacial score (nSPS) is 12.1. The van der Waals surface area contributed by atoms with Crippen LogP contribution in [0.5, 0.6) is 0 Å². The lowest BCUT2D eigenvalue weighted by molar-refractivity contribution is 0.554. The number of benzene rings is 1. The fourth-order valence-corrected chi connectivity index (χ4v) is 1.51. The number of unbranched alkanes of at least 4 members (excludes halogenated alkanes) is 1. The van der Waals surface area contributed by atoms with Gasteiger partial charge in [0.2, 0.25) is 0 Å². The first-order valence-electron chi connectivity index (χ1n) is 5.58. The molecule has 0 bridgehead atoms. The third-order valence-corrected chi connectivity index (χ3v) is 2.64. The van der Waals surface area contributed by atoms with Crippen molar-refractivity contribution in [2.45, 2.75) is 32.7 Å². The van der Waals surface area contributed by atoms with Gasteiger partial charge >= 0.3 is 0 Å². The topological polar surface area (TPSA) is 12.0 Å². The summed E-state index contributed by atoms with van der Waals surface area (Å²) in [5.74, 6) is 2.45. The Labute approximate surface area is 97.1 Å². The number of rotatable bonds is 5. The van der Waals surface area contributed by atoms with Gasteiger partial charge < -0.3 is 5.32 Å². The first-order valence-corrected chi connectivity index (χ1v) is 5.58. The average molecular weight is 219 g/mol. The summed E-state index contributed by atoms with van der Waals surface area (Å²) >= 11 is 0. The van der Waals surface area contributed by atoms with Crippen molar-refractivity contribution in [2.75, 3.05) is 6.54 Å². The van der Waals surface area contributed by atoms with E-state index in [0.717, 1.165) is 24.9 Å². The molecule has 0 spiro atoms. The third kappa shape index (κ3) is 3.67. The molecule has 0 amide bonds. The zero-order chi connectivity index (χ0) is 12.0. The number of halogens is 1. The molecule has 1 atom stereocenters. The molecule has 86 valence electrons. The van der Waals surface area contributed by atoms with Crippen molar-refractivity contribution in [1.82, 2.24) is 5.32 Å². The summed E-state index contributed by atoms with van der Waals surface area (Å²) in [5.41, 5.74) is 1.66. The highest BCUT2D eigenvalue weighted by molar-refractivity contribution is 5.25. The quantitative estimate of drug-likeness (QED) is 0.592. The van der Waals surface area contributed by atoms with Crippen LogP contribution in [0, 0.1) is 25.1 Å². The molecule has 16 heavy (non-hydrogen) atoms. The lowest BCUT2D eigenvalue weighted by atomic mass is 10.1. The molecule has 0 saturated heterocycles. The van der Waals surface area contributed by atoms with Gasteiger partial charge in [0.05, 0.1) is 0 Å². The number of nitrogens with one attached hydrogen (secondary N) is 1. The minimum atomic E-state index is -0.144. The molecule has 0 heterocycles. The highest BCUT2D eigenvalue weighted by atomic mass is 19.1. The second kappa shape index (κ2) is 6.30. The molecule has 1 rings (SSSR count). The van der Waals surface area contributed by atoms with Crippen LogP contribution >= 0.6 is 0 Å². The second-order valence-corrected chi connectivity index (χ2v) is 3.99. The molecule has 0 radical (unpaired) electrons. The summed E-state index contributed by atoms with van der Waals surface area (Å²) in [5, 5.41) is 3.32. The maximum atomic E-state index is 13.3. The van der Waals surface area contributed by atoms with Crippen LogP contribution in [0.15, 0.2) is 18.2 Å². The van der Waals surface area contributed by atoms with E-state index in [0.29, 0.717) is 5.56 Å². The van der Waals surface area contributed by atoms with E-state index in [2.05, 4.69) is 11.2 Å². The fraction of sp³-hybridized carbons (Fsp3) is 0.429. The Hall–Kier alpha value is -1.33. The maximum Gasteiger partial charge on any atom is 0.126 e. The zero-order valence-corrected chi connectivity index (χ0v) is 9.89. The van der Waals surface area contributed by atoms with Gasteiger partial charge in [-0.05, 0) is 44.0 Å².